The van der Waals surface area contributed by atoms with Crippen LogP contribution in [0.25, 0.3) is 0 Å². The molecule has 0 fully saturated rings. The molecular formula is C7H10BrNO3S. The van der Waals surface area contributed by atoms with Crippen molar-refractivity contribution in [2.24, 2.45) is 4.99 Å². The molecule has 0 unspecified atom stereocenters. The SMILES string of the molecule is CC(C)OCC1=CS(=O)(=O)C(Br)=N1. The maximum absolute atomic E-state index is 11.1. The Morgan fingerprint density at radius 2 is 2.23 bits per heavy atom. The van der Waals surface area contributed by atoms with E-state index in [1.807, 2.05) is 13.8 Å². The van der Waals surface area contributed by atoms with Gasteiger partial charge in [0, 0.05) is 0 Å². The number of rotatable bonds is 3. The van der Waals surface area contributed by atoms with Crippen molar-refractivity contribution in [3.05, 3.63) is 11.1 Å². The lowest BCUT2D eigenvalue weighted by Gasteiger charge is -2.04. The molecule has 0 N–H and O–H groups in total. The lowest BCUT2D eigenvalue weighted by molar-refractivity contribution is 0.0970. The van der Waals surface area contributed by atoms with Crippen LogP contribution in [-0.4, -0.2) is 25.1 Å². The Labute approximate surface area is 85.7 Å². The Kier molecular flexibility index (Phi) is 3.26. The maximum Gasteiger partial charge on any atom is 0.225 e. The molecule has 1 aliphatic rings. The van der Waals surface area contributed by atoms with Crippen LogP contribution in [0.4, 0.5) is 0 Å². The summed E-state index contributed by atoms with van der Waals surface area (Å²) in [4.78, 5) is 3.79. The lowest BCUT2D eigenvalue weighted by Crippen LogP contribution is -2.04. The van der Waals surface area contributed by atoms with Crippen molar-refractivity contribution < 1.29 is 13.2 Å². The zero-order chi connectivity index (χ0) is 10.1. The zero-order valence-corrected chi connectivity index (χ0v) is 9.72. The molecule has 6 heteroatoms. The highest BCUT2D eigenvalue weighted by Gasteiger charge is 2.22. The van der Waals surface area contributed by atoms with Crippen LogP contribution in [0.1, 0.15) is 13.8 Å². The predicted octanol–water partition coefficient (Wildman–Crippen LogP) is 1.43. The van der Waals surface area contributed by atoms with E-state index in [0.29, 0.717) is 5.70 Å². The number of nitrogens with zero attached hydrogens (tertiary/aromatic N) is 1. The minimum absolute atomic E-state index is 0.0395. The van der Waals surface area contributed by atoms with Crippen LogP contribution in [0.5, 0.6) is 0 Å². The van der Waals surface area contributed by atoms with E-state index in [2.05, 4.69) is 20.9 Å². The standard InChI is InChI=1S/C7H10BrNO3S/c1-5(2)12-3-6-4-13(10,11)7(8)9-6/h4-5H,3H2,1-2H3. The molecule has 0 radical (unpaired) electrons. The van der Waals surface area contributed by atoms with E-state index in [1.54, 1.807) is 0 Å². The maximum atomic E-state index is 11.1. The molecule has 0 aromatic carbocycles. The summed E-state index contributed by atoms with van der Waals surface area (Å²) in [5.41, 5.74) is 0.431. The van der Waals surface area contributed by atoms with E-state index in [-0.39, 0.29) is 16.7 Å². The average molecular weight is 268 g/mol. The third kappa shape index (κ3) is 2.89. The first-order valence-corrected chi connectivity index (χ1v) is 6.07. The zero-order valence-electron chi connectivity index (χ0n) is 7.32. The van der Waals surface area contributed by atoms with Gasteiger partial charge in [-0.2, -0.15) is 0 Å². The fourth-order valence-corrected chi connectivity index (χ4v) is 2.08. The molecule has 4 nitrogen and oxygen atoms in total. The molecule has 1 rings (SSSR count). The molecule has 0 aromatic heterocycles. The molecule has 0 saturated heterocycles. The number of halogens is 1. The summed E-state index contributed by atoms with van der Waals surface area (Å²) >= 11 is 2.86. The number of ether oxygens (including phenoxy) is 1. The van der Waals surface area contributed by atoms with Crippen molar-refractivity contribution in [3.8, 4) is 0 Å². The van der Waals surface area contributed by atoms with Crippen molar-refractivity contribution in [2.75, 3.05) is 6.61 Å². The van der Waals surface area contributed by atoms with Gasteiger partial charge in [-0.05, 0) is 29.8 Å². The van der Waals surface area contributed by atoms with Gasteiger partial charge in [-0.1, -0.05) is 0 Å². The Hall–Kier alpha value is -0.200. The van der Waals surface area contributed by atoms with Gasteiger partial charge in [-0.3, -0.25) is 0 Å². The largest absolute Gasteiger partial charge is 0.372 e. The molecule has 0 spiro atoms. The molecule has 74 valence electrons. The fourth-order valence-electron chi connectivity index (χ4n) is 0.749. The minimum Gasteiger partial charge on any atom is -0.372 e. The quantitative estimate of drug-likeness (QED) is 0.778. The summed E-state index contributed by atoms with van der Waals surface area (Å²) in [6, 6.07) is 0. The van der Waals surface area contributed by atoms with Crippen LogP contribution in [0.3, 0.4) is 0 Å². The average Bonchev–Trinajstić information content (AvgIpc) is 2.22. The molecule has 0 aliphatic carbocycles. The molecule has 1 heterocycles. The highest BCUT2D eigenvalue weighted by molar-refractivity contribution is 9.21. The second-order valence-electron chi connectivity index (χ2n) is 2.88. The van der Waals surface area contributed by atoms with Gasteiger partial charge in [0.1, 0.15) is 0 Å². The van der Waals surface area contributed by atoms with Gasteiger partial charge in [0.05, 0.1) is 23.8 Å². The number of hydrogen-bond donors (Lipinski definition) is 0. The van der Waals surface area contributed by atoms with Crippen molar-refractivity contribution in [3.63, 3.8) is 0 Å². The summed E-state index contributed by atoms with van der Waals surface area (Å²) in [5.74, 6) is 0. The van der Waals surface area contributed by atoms with Crippen molar-refractivity contribution in [1.29, 1.82) is 0 Å². The second kappa shape index (κ2) is 3.89. The Bertz CT molecular complexity index is 356. The van der Waals surface area contributed by atoms with Crippen molar-refractivity contribution >= 4 is 29.7 Å². The molecule has 0 atom stereocenters. The second-order valence-corrected chi connectivity index (χ2v) is 5.87. The molecule has 1 aliphatic heterocycles. The van der Waals surface area contributed by atoms with Crippen LogP contribution in [-0.2, 0) is 14.6 Å². The number of hydrogen-bond acceptors (Lipinski definition) is 4. The third-order valence-electron chi connectivity index (χ3n) is 1.32. The van der Waals surface area contributed by atoms with E-state index in [4.69, 9.17) is 4.74 Å². The van der Waals surface area contributed by atoms with Gasteiger partial charge in [-0.25, -0.2) is 13.4 Å². The molecule has 0 amide bonds. The van der Waals surface area contributed by atoms with Crippen LogP contribution in [0, 0.1) is 0 Å². The molecule has 0 aromatic rings. The van der Waals surface area contributed by atoms with E-state index in [9.17, 15) is 8.42 Å². The Morgan fingerprint density at radius 3 is 2.62 bits per heavy atom. The normalized spacial score (nSPS) is 20.3. The third-order valence-corrected chi connectivity index (χ3v) is 4.00. The first-order chi connectivity index (χ1) is 5.92. The van der Waals surface area contributed by atoms with Crippen LogP contribution in [0.2, 0.25) is 0 Å². The van der Waals surface area contributed by atoms with E-state index >= 15 is 0 Å². The number of aliphatic imine (C=N–C) groups is 1. The smallest absolute Gasteiger partial charge is 0.225 e. The van der Waals surface area contributed by atoms with Gasteiger partial charge in [0.15, 0.2) is 0 Å². The van der Waals surface area contributed by atoms with E-state index in [1.165, 1.54) is 0 Å². The van der Waals surface area contributed by atoms with Gasteiger partial charge in [0.2, 0.25) is 13.8 Å². The van der Waals surface area contributed by atoms with Crippen molar-refractivity contribution in [1.82, 2.24) is 0 Å². The molecule has 0 bridgehead atoms. The highest BCUT2D eigenvalue weighted by atomic mass is 79.9. The fraction of sp³-hybridized carbons (Fsp3) is 0.571. The summed E-state index contributed by atoms with van der Waals surface area (Å²) in [6.07, 6.45) is 0.0678. The summed E-state index contributed by atoms with van der Waals surface area (Å²) in [5, 5.41) is 1.11. The summed E-state index contributed by atoms with van der Waals surface area (Å²) in [7, 11) is -3.30. The first kappa shape index (κ1) is 10.9. The Morgan fingerprint density at radius 1 is 1.62 bits per heavy atom. The topological polar surface area (TPSA) is 55.7 Å². The molecular weight excluding hydrogens is 258 g/mol. The van der Waals surface area contributed by atoms with Gasteiger partial charge >= 0.3 is 0 Å². The Balaban J connectivity index is 2.67. The van der Waals surface area contributed by atoms with Gasteiger partial charge < -0.3 is 4.74 Å². The molecule has 13 heavy (non-hydrogen) atoms. The van der Waals surface area contributed by atoms with Gasteiger partial charge in [-0.15, -0.1) is 0 Å². The minimum atomic E-state index is -3.30. The monoisotopic (exact) mass is 267 g/mol. The lowest BCUT2D eigenvalue weighted by atomic mass is 10.4. The highest BCUT2D eigenvalue weighted by Crippen LogP contribution is 2.18. The summed E-state index contributed by atoms with van der Waals surface area (Å²) in [6.45, 7) is 3.98. The molecule has 0 saturated carbocycles. The van der Waals surface area contributed by atoms with Crippen LogP contribution < -0.4 is 0 Å². The number of sulfone groups is 1. The predicted molar refractivity (Wildman–Crippen MR) is 54.5 cm³/mol. The van der Waals surface area contributed by atoms with E-state index < -0.39 is 9.84 Å². The van der Waals surface area contributed by atoms with Crippen LogP contribution >= 0.6 is 15.9 Å². The first-order valence-electron chi connectivity index (χ1n) is 3.73. The van der Waals surface area contributed by atoms with E-state index in [0.717, 1.165) is 5.41 Å². The van der Waals surface area contributed by atoms with Crippen LogP contribution in [0.15, 0.2) is 16.1 Å². The van der Waals surface area contributed by atoms with Gasteiger partial charge in [0.25, 0.3) is 0 Å². The van der Waals surface area contributed by atoms with Crippen molar-refractivity contribution in [2.45, 2.75) is 20.0 Å². The summed E-state index contributed by atoms with van der Waals surface area (Å²) < 4.78 is 27.4.